The smallest absolute Gasteiger partial charge is 0.273 e. The number of hydrogen-bond acceptors (Lipinski definition) is 2. The van der Waals surface area contributed by atoms with Crippen LogP contribution in [0.25, 0.3) is 10.9 Å². The standard InChI is InChI=1S/C18H22N4O/c1-5-21-13(4)10-14-11-15(6-7-16(14)21)20-18(23)17-8-9-19-22(17)12(2)3/h6-12H,5H2,1-4H3,(H,20,23). The molecule has 23 heavy (non-hydrogen) atoms. The van der Waals surface area contributed by atoms with Crippen molar-refractivity contribution in [1.82, 2.24) is 14.3 Å². The molecule has 1 N–H and O–H groups in total. The van der Waals surface area contributed by atoms with E-state index in [1.54, 1.807) is 16.9 Å². The van der Waals surface area contributed by atoms with Gasteiger partial charge >= 0.3 is 0 Å². The third-order valence-corrected chi connectivity index (χ3v) is 4.07. The molecule has 0 saturated carbocycles. The average Bonchev–Trinajstić information content (AvgIpc) is 3.10. The molecular formula is C18H22N4O. The van der Waals surface area contributed by atoms with Crippen LogP contribution >= 0.6 is 0 Å². The maximum atomic E-state index is 12.5. The van der Waals surface area contributed by atoms with Crippen molar-refractivity contribution >= 4 is 22.5 Å². The summed E-state index contributed by atoms with van der Waals surface area (Å²) in [7, 11) is 0. The highest BCUT2D eigenvalue weighted by Gasteiger charge is 2.14. The zero-order valence-electron chi connectivity index (χ0n) is 14.0. The Morgan fingerprint density at radius 3 is 2.74 bits per heavy atom. The van der Waals surface area contributed by atoms with E-state index in [1.807, 2.05) is 26.0 Å². The molecule has 0 aliphatic carbocycles. The number of aromatic nitrogens is 3. The van der Waals surface area contributed by atoms with E-state index in [9.17, 15) is 4.79 Å². The van der Waals surface area contributed by atoms with Crippen molar-refractivity contribution in [3.8, 4) is 0 Å². The quantitative estimate of drug-likeness (QED) is 0.792. The molecular weight excluding hydrogens is 288 g/mol. The van der Waals surface area contributed by atoms with Gasteiger partial charge < -0.3 is 9.88 Å². The Bertz CT molecular complexity index is 857. The number of rotatable bonds is 4. The van der Waals surface area contributed by atoms with E-state index < -0.39 is 0 Å². The van der Waals surface area contributed by atoms with Gasteiger partial charge in [-0.1, -0.05) is 0 Å². The van der Waals surface area contributed by atoms with Crippen molar-refractivity contribution in [3.63, 3.8) is 0 Å². The van der Waals surface area contributed by atoms with E-state index in [2.05, 4.69) is 41.0 Å². The molecule has 3 rings (SSSR count). The molecule has 0 fully saturated rings. The summed E-state index contributed by atoms with van der Waals surface area (Å²) in [6.07, 6.45) is 1.66. The molecule has 2 aromatic heterocycles. The number of hydrogen-bond donors (Lipinski definition) is 1. The first-order valence-corrected chi connectivity index (χ1v) is 7.96. The fraction of sp³-hybridized carbons (Fsp3) is 0.333. The van der Waals surface area contributed by atoms with Gasteiger partial charge in [-0.2, -0.15) is 5.10 Å². The lowest BCUT2D eigenvalue weighted by Gasteiger charge is -2.11. The van der Waals surface area contributed by atoms with Crippen LogP contribution in [-0.2, 0) is 6.54 Å². The molecule has 5 heteroatoms. The normalized spacial score (nSPS) is 11.3. The molecule has 120 valence electrons. The second-order valence-corrected chi connectivity index (χ2v) is 6.01. The number of benzene rings is 1. The molecule has 0 saturated heterocycles. The maximum Gasteiger partial charge on any atom is 0.273 e. The molecule has 0 aliphatic heterocycles. The van der Waals surface area contributed by atoms with Crippen molar-refractivity contribution in [2.45, 2.75) is 40.3 Å². The Balaban J connectivity index is 1.89. The fourth-order valence-electron chi connectivity index (χ4n) is 3.01. The van der Waals surface area contributed by atoms with Gasteiger partial charge in [0.05, 0.1) is 0 Å². The third-order valence-electron chi connectivity index (χ3n) is 4.07. The number of fused-ring (bicyclic) bond motifs is 1. The Labute approximate surface area is 135 Å². The highest BCUT2D eigenvalue weighted by Crippen LogP contribution is 2.23. The molecule has 0 unspecified atom stereocenters. The molecule has 0 radical (unpaired) electrons. The van der Waals surface area contributed by atoms with Gasteiger partial charge in [-0.15, -0.1) is 0 Å². The van der Waals surface area contributed by atoms with Gasteiger partial charge in [0.25, 0.3) is 5.91 Å². The van der Waals surface area contributed by atoms with Gasteiger partial charge in [0.2, 0.25) is 0 Å². The Kier molecular flexibility index (Phi) is 3.94. The topological polar surface area (TPSA) is 51.9 Å². The molecule has 0 atom stereocenters. The van der Waals surface area contributed by atoms with Crippen molar-refractivity contribution < 1.29 is 4.79 Å². The first-order valence-electron chi connectivity index (χ1n) is 7.96. The lowest BCUT2D eigenvalue weighted by Crippen LogP contribution is -2.18. The summed E-state index contributed by atoms with van der Waals surface area (Å²) in [6, 6.07) is 10.1. The lowest BCUT2D eigenvalue weighted by atomic mass is 10.2. The first kappa shape index (κ1) is 15.3. The van der Waals surface area contributed by atoms with E-state index in [1.165, 1.54) is 11.2 Å². The first-order chi connectivity index (χ1) is 11.0. The van der Waals surface area contributed by atoms with Crippen molar-refractivity contribution in [2.75, 3.05) is 5.32 Å². The average molecular weight is 310 g/mol. The molecule has 0 bridgehead atoms. The summed E-state index contributed by atoms with van der Waals surface area (Å²) in [5, 5.41) is 8.31. The van der Waals surface area contributed by atoms with Gasteiger partial charge in [-0.3, -0.25) is 9.48 Å². The third kappa shape index (κ3) is 2.74. The largest absolute Gasteiger partial charge is 0.345 e. The Hall–Kier alpha value is -2.56. The number of anilines is 1. The van der Waals surface area contributed by atoms with Crippen molar-refractivity contribution in [3.05, 3.63) is 47.9 Å². The van der Waals surface area contributed by atoms with Gasteiger partial charge in [0.15, 0.2) is 0 Å². The second kappa shape index (κ2) is 5.91. The summed E-state index contributed by atoms with van der Waals surface area (Å²) >= 11 is 0. The van der Waals surface area contributed by atoms with E-state index >= 15 is 0 Å². The van der Waals surface area contributed by atoms with Crippen LogP contribution in [0.2, 0.25) is 0 Å². The van der Waals surface area contributed by atoms with Gasteiger partial charge in [-0.05, 0) is 58.0 Å². The van der Waals surface area contributed by atoms with Crippen LogP contribution in [0, 0.1) is 6.92 Å². The predicted molar refractivity (Wildman–Crippen MR) is 92.9 cm³/mol. The lowest BCUT2D eigenvalue weighted by molar-refractivity contribution is 0.101. The molecule has 0 aliphatic rings. The number of aryl methyl sites for hydroxylation is 2. The van der Waals surface area contributed by atoms with E-state index in [0.717, 1.165) is 17.6 Å². The van der Waals surface area contributed by atoms with Gasteiger partial charge in [0, 0.05) is 41.1 Å². The summed E-state index contributed by atoms with van der Waals surface area (Å²) in [5.41, 5.74) is 3.79. The SMILES string of the molecule is CCn1c(C)cc2cc(NC(=O)c3ccnn3C(C)C)ccc21. The van der Waals surface area contributed by atoms with Crippen LogP contribution in [0.3, 0.4) is 0 Å². The number of carbonyl (C=O) groups is 1. The summed E-state index contributed by atoms with van der Waals surface area (Å²) in [5.74, 6) is -0.137. The van der Waals surface area contributed by atoms with Crippen LogP contribution in [0.5, 0.6) is 0 Å². The second-order valence-electron chi connectivity index (χ2n) is 6.01. The molecule has 5 nitrogen and oxygen atoms in total. The van der Waals surface area contributed by atoms with Gasteiger partial charge in [0.1, 0.15) is 5.69 Å². The molecule has 1 amide bonds. The van der Waals surface area contributed by atoms with E-state index in [0.29, 0.717) is 5.69 Å². The predicted octanol–water partition coefficient (Wildman–Crippen LogP) is 4.00. The highest BCUT2D eigenvalue weighted by atomic mass is 16.2. The minimum atomic E-state index is -0.137. The zero-order valence-corrected chi connectivity index (χ0v) is 14.0. The minimum Gasteiger partial charge on any atom is -0.345 e. The number of nitrogens with one attached hydrogen (secondary N) is 1. The van der Waals surface area contributed by atoms with E-state index in [-0.39, 0.29) is 11.9 Å². The Morgan fingerprint density at radius 1 is 1.26 bits per heavy atom. The van der Waals surface area contributed by atoms with Crippen LogP contribution in [-0.4, -0.2) is 20.3 Å². The molecule has 1 aromatic carbocycles. The van der Waals surface area contributed by atoms with Crippen molar-refractivity contribution in [1.29, 1.82) is 0 Å². The fourth-order valence-corrected chi connectivity index (χ4v) is 3.01. The van der Waals surface area contributed by atoms with E-state index in [4.69, 9.17) is 0 Å². The van der Waals surface area contributed by atoms with Crippen LogP contribution in [0.1, 0.15) is 43.0 Å². The molecule has 0 spiro atoms. The molecule has 3 aromatic rings. The minimum absolute atomic E-state index is 0.137. The Morgan fingerprint density at radius 2 is 2.04 bits per heavy atom. The number of amides is 1. The number of carbonyl (C=O) groups excluding carboxylic acids is 1. The maximum absolute atomic E-state index is 12.5. The van der Waals surface area contributed by atoms with Crippen molar-refractivity contribution in [2.24, 2.45) is 0 Å². The summed E-state index contributed by atoms with van der Waals surface area (Å²) in [4.78, 5) is 12.5. The van der Waals surface area contributed by atoms with Crippen LogP contribution < -0.4 is 5.32 Å². The number of nitrogens with zero attached hydrogens (tertiary/aromatic N) is 3. The monoisotopic (exact) mass is 310 g/mol. The summed E-state index contributed by atoms with van der Waals surface area (Å²) < 4.78 is 3.99. The van der Waals surface area contributed by atoms with Gasteiger partial charge in [-0.25, -0.2) is 0 Å². The summed E-state index contributed by atoms with van der Waals surface area (Å²) in [6.45, 7) is 9.19. The molecule has 2 heterocycles. The van der Waals surface area contributed by atoms with Crippen LogP contribution in [0.15, 0.2) is 36.5 Å². The highest BCUT2D eigenvalue weighted by molar-refractivity contribution is 6.04. The zero-order chi connectivity index (χ0) is 16.6. The van der Waals surface area contributed by atoms with Crippen LogP contribution in [0.4, 0.5) is 5.69 Å².